The topological polar surface area (TPSA) is 67.9 Å². The van der Waals surface area contributed by atoms with Crippen LogP contribution in [0.4, 0.5) is 0 Å². The third-order valence-electron chi connectivity index (χ3n) is 2.77. The molecule has 5 nitrogen and oxygen atoms in total. The quantitative estimate of drug-likeness (QED) is 0.699. The first-order chi connectivity index (χ1) is 8.79. The van der Waals surface area contributed by atoms with Gasteiger partial charge in [-0.3, -0.25) is 4.98 Å². The van der Waals surface area contributed by atoms with E-state index in [0.717, 1.165) is 21.8 Å². The predicted octanol–water partition coefficient (Wildman–Crippen LogP) is 2.29. The van der Waals surface area contributed by atoms with Gasteiger partial charge < -0.3 is 9.72 Å². The van der Waals surface area contributed by atoms with Crippen molar-refractivity contribution in [2.24, 2.45) is 0 Å². The van der Waals surface area contributed by atoms with Crippen molar-refractivity contribution in [2.75, 3.05) is 6.61 Å². The molecule has 0 radical (unpaired) electrons. The maximum Gasteiger partial charge on any atom is 0.356 e. The van der Waals surface area contributed by atoms with Gasteiger partial charge in [-0.2, -0.15) is 0 Å². The summed E-state index contributed by atoms with van der Waals surface area (Å²) in [5.74, 6) is -0.400. The third kappa shape index (κ3) is 1.60. The zero-order chi connectivity index (χ0) is 12.5. The lowest BCUT2D eigenvalue weighted by atomic mass is 10.2. The maximum atomic E-state index is 11.6. The normalized spacial score (nSPS) is 10.9. The number of H-pyrrole nitrogens is 1. The molecule has 0 aliphatic heterocycles. The van der Waals surface area contributed by atoms with Gasteiger partial charge in [-0.15, -0.1) is 0 Å². The van der Waals surface area contributed by atoms with Crippen LogP contribution >= 0.6 is 0 Å². The van der Waals surface area contributed by atoms with E-state index in [4.69, 9.17) is 4.74 Å². The average molecular weight is 241 g/mol. The minimum atomic E-state index is -0.400. The van der Waals surface area contributed by atoms with Crippen molar-refractivity contribution in [3.63, 3.8) is 0 Å². The number of carbonyl (C=O) groups excluding carboxylic acids is 1. The van der Waals surface area contributed by atoms with Gasteiger partial charge in [-0.25, -0.2) is 9.78 Å². The molecule has 18 heavy (non-hydrogen) atoms. The predicted molar refractivity (Wildman–Crippen MR) is 67.4 cm³/mol. The minimum absolute atomic E-state index is 0.321. The molecule has 0 aliphatic carbocycles. The van der Waals surface area contributed by atoms with Crippen molar-refractivity contribution >= 4 is 27.8 Å². The van der Waals surface area contributed by atoms with E-state index >= 15 is 0 Å². The molecular formula is C13H11N3O2. The Kier molecular flexibility index (Phi) is 2.44. The van der Waals surface area contributed by atoms with Crippen LogP contribution in [-0.4, -0.2) is 27.5 Å². The number of fused-ring (bicyclic) bond motifs is 3. The molecule has 0 amide bonds. The third-order valence-corrected chi connectivity index (χ3v) is 2.77. The number of aromatic amines is 1. The Morgan fingerprint density at radius 1 is 1.33 bits per heavy atom. The molecule has 0 aliphatic rings. The summed E-state index contributed by atoms with van der Waals surface area (Å²) in [6, 6.07) is 3.65. The highest BCUT2D eigenvalue weighted by Gasteiger charge is 2.11. The Labute approximate surface area is 103 Å². The second-order valence-corrected chi connectivity index (χ2v) is 3.88. The molecule has 90 valence electrons. The standard InChI is InChI=1S/C13H11N3O2/c1-2-18-13(17)10-5-9-8-3-4-14-6-11(8)16-12(9)7-15-10/h3-7,16H,2H2,1H3. The van der Waals surface area contributed by atoms with Crippen molar-refractivity contribution in [1.29, 1.82) is 0 Å². The SMILES string of the molecule is CCOC(=O)c1cc2c(cn1)[nH]c1cnccc12. The van der Waals surface area contributed by atoms with Crippen LogP contribution in [0.5, 0.6) is 0 Å². The molecule has 0 aromatic carbocycles. The van der Waals surface area contributed by atoms with Crippen LogP contribution in [0.25, 0.3) is 21.8 Å². The summed E-state index contributed by atoms with van der Waals surface area (Å²) in [6.45, 7) is 2.12. The van der Waals surface area contributed by atoms with E-state index in [0.29, 0.717) is 12.3 Å². The molecule has 3 heterocycles. The Balaban J connectivity index is 2.21. The molecule has 3 rings (SSSR count). The number of rotatable bonds is 2. The fraction of sp³-hybridized carbons (Fsp3) is 0.154. The Morgan fingerprint density at radius 2 is 2.17 bits per heavy atom. The summed E-state index contributed by atoms with van der Waals surface area (Å²) >= 11 is 0. The zero-order valence-corrected chi connectivity index (χ0v) is 9.80. The number of hydrogen-bond donors (Lipinski definition) is 1. The van der Waals surface area contributed by atoms with Gasteiger partial charge in [0.15, 0.2) is 0 Å². The zero-order valence-electron chi connectivity index (χ0n) is 9.80. The summed E-state index contributed by atoms with van der Waals surface area (Å²) in [4.78, 5) is 23.0. The molecule has 0 spiro atoms. The first kappa shape index (κ1) is 10.7. The lowest BCUT2D eigenvalue weighted by Crippen LogP contribution is -2.06. The highest BCUT2D eigenvalue weighted by Crippen LogP contribution is 2.24. The second-order valence-electron chi connectivity index (χ2n) is 3.88. The van der Waals surface area contributed by atoms with Gasteiger partial charge in [0.2, 0.25) is 0 Å². The van der Waals surface area contributed by atoms with E-state index in [9.17, 15) is 4.79 Å². The van der Waals surface area contributed by atoms with E-state index in [2.05, 4.69) is 15.0 Å². The van der Waals surface area contributed by atoms with Gasteiger partial charge in [0.05, 0.1) is 30.0 Å². The molecule has 0 fully saturated rings. The summed E-state index contributed by atoms with van der Waals surface area (Å²) in [5.41, 5.74) is 2.13. The van der Waals surface area contributed by atoms with E-state index < -0.39 is 5.97 Å². The van der Waals surface area contributed by atoms with Crippen molar-refractivity contribution in [3.8, 4) is 0 Å². The molecule has 1 N–H and O–H groups in total. The summed E-state index contributed by atoms with van der Waals surface area (Å²) in [7, 11) is 0. The van der Waals surface area contributed by atoms with Crippen LogP contribution in [0.1, 0.15) is 17.4 Å². The van der Waals surface area contributed by atoms with Crippen LogP contribution in [0.15, 0.2) is 30.7 Å². The minimum Gasteiger partial charge on any atom is -0.461 e. The van der Waals surface area contributed by atoms with Crippen LogP contribution < -0.4 is 0 Å². The van der Waals surface area contributed by atoms with Crippen molar-refractivity contribution < 1.29 is 9.53 Å². The molecule has 0 unspecified atom stereocenters. The van der Waals surface area contributed by atoms with Crippen LogP contribution in [0.3, 0.4) is 0 Å². The van der Waals surface area contributed by atoms with Crippen molar-refractivity contribution in [3.05, 3.63) is 36.4 Å². The molecule has 0 saturated heterocycles. The Morgan fingerprint density at radius 3 is 3.00 bits per heavy atom. The number of nitrogens with one attached hydrogen (secondary N) is 1. The Bertz CT molecular complexity index is 733. The molecule has 5 heteroatoms. The summed E-state index contributed by atoms with van der Waals surface area (Å²) in [6.07, 6.45) is 5.11. The molecule has 3 aromatic heterocycles. The van der Waals surface area contributed by atoms with E-state index in [1.807, 2.05) is 6.07 Å². The fourth-order valence-corrected chi connectivity index (χ4v) is 1.97. The number of esters is 1. The van der Waals surface area contributed by atoms with Gasteiger partial charge in [-0.1, -0.05) is 0 Å². The number of ether oxygens (including phenoxy) is 1. The van der Waals surface area contributed by atoms with Gasteiger partial charge in [-0.05, 0) is 19.1 Å². The number of aromatic nitrogens is 3. The van der Waals surface area contributed by atoms with Crippen LogP contribution in [0, 0.1) is 0 Å². The van der Waals surface area contributed by atoms with Gasteiger partial charge in [0.1, 0.15) is 5.69 Å². The van der Waals surface area contributed by atoms with Gasteiger partial charge in [0, 0.05) is 17.0 Å². The van der Waals surface area contributed by atoms with Crippen LogP contribution in [0.2, 0.25) is 0 Å². The molecule has 3 aromatic rings. The van der Waals surface area contributed by atoms with Crippen molar-refractivity contribution in [1.82, 2.24) is 15.0 Å². The monoisotopic (exact) mass is 241 g/mol. The summed E-state index contributed by atoms with van der Waals surface area (Å²) < 4.78 is 4.94. The molecule has 0 saturated carbocycles. The second kappa shape index (κ2) is 4.10. The highest BCUT2D eigenvalue weighted by atomic mass is 16.5. The lowest BCUT2D eigenvalue weighted by Gasteiger charge is -2.00. The van der Waals surface area contributed by atoms with Gasteiger partial charge in [0.25, 0.3) is 0 Å². The number of nitrogens with zero attached hydrogens (tertiary/aromatic N) is 2. The first-order valence-corrected chi connectivity index (χ1v) is 5.68. The number of hydrogen-bond acceptors (Lipinski definition) is 4. The number of carbonyl (C=O) groups is 1. The lowest BCUT2D eigenvalue weighted by molar-refractivity contribution is 0.0520. The number of pyridine rings is 2. The fourth-order valence-electron chi connectivity index (χ4n) is 1.97. The van der Waals surface area contributed by atoms with Gasteiger partial charge >= 0.3 is 5.97 Å². The highest BCUT2D eigenvalue weighted by molar-refractivity contribution is 6.08. The van der Waals surface area contributed by atoms with Crippen molar-refractivity contribution in [2.45, 2.75) is 6.92 Å². The molecular weight excluding hydrogens is 230 g/mol. The largest absolute Gasteiger partial charge is 0.461 e. The Hall–Kier alpha value is -2.43. The maximum absolute atomic E-state index is 11.6. The summed E-state index contributed by atoms with van der Waals surface area (Å²) in [5, 5.41) is 1.97. The van der Waals surface area contributed by atoms with E-state index in [1.165, 1.54) is 0 Å². The van der Waals surface area contributed by atoms with E-state index in [-0.39, 0.29) is 0 Å². The first-order valence-electron chi connectivity index (χ1n) is 5.68. The smallest absolute Gasteiger partial charge is 0.356 e. The average Bonchev–Trinajstić information content (AvgIpc) is 2.76. The van der Waals surface area contributed by atoms with E-state index in [1.54, 1.807) is 31.6 Å². The van der Waals surface area contributed by atoms with Crippen LogP contribution in [-0.2, 0) is 4.74 Å². The molecule has 0 atom stereocenters. The molecule has 0 bridgehead atoms.